The van der Waals surface area contributed by atoms with Crippen LogP contribution in [-0.2, 0) is 23.5 Å². The fourth-order valence-corrected chi connectivity index (χ4v) is 10.4. The van der Waals surface area contributed by atoms with Gasteiger partial charge in [0.1, 0.15) is 18.3 Å². The number of likely N-dealkylation sites (tertiary alicyclic amines) is 1. The first-order valence-electron chi connectivity index (χ1n) is 18.0. The SMILES string of the molecule is C=CCOCN(C(=O)[C@@H](CC(=O)[C@H]1CCCCN1C)[C@@H](C)CC)[C@H](C[C@@H](O[Si](CC)(CC)CC)c1nc(C(=O)OCC=C)cs1)C(C)C. The summed E-state index contributed by atoms with van der Waals surface area (Å²) in [6.45, 7) is 23.8. The zero-order chi connectivity index (χ0) is 35.9. The van der Waals surface area contributed by atoms with Crippen LogP contribution in [-0.4, -0.2) is 86.4 Å². The topological polar surface area (TPSA) is 98.3 Å². The molecule has 272 valence electrons. The third kappa shape index (κ3) is 11.7. The minimum Gasteiger partial charge on any atom is -0.457 e. The van der Waals surface area contributed by atoms with E-state index in [1.165, 1.54) is 17.4 Å². The molecule has 1 aromatic heterocycles. The van der Waals surface area contributed by atoms with Gasteiger partial charge in [0.25, 0.3) is 0 Å². The molecule has 1 fully saturated rings. The summed E-state index contributed by atoms with van der Waals surface area (Å²) in [7, 11) is -0.135. The van der Waals surface area contributed by atoms with Crippen molar-refractivity contribution >= 4 is 37.3 Å². The number of aromatic nitrogens is 1. The van der Waals surface area contributed by atoms with Gasteiger partial charge in [0, 0.05) is 23.8 Å². The van der Waals surface area contributed by atoms with Crippen LogP contribution in [0.2, 0.25) is 18.1 Å². The van der Waals surface area contributed by atoms with Crippen molar-refractivity contribution < 1.29 is 28.3 Å². The van der Waals surface area contributed by atoms with Crippen LogP contribution in [0.5, 0.6) is 0 Å². The van der Waals surface area contributed by atoms with Crippen LogP contribution in [0, 0.1) is 17.8 Å². The summed E-state index contributed by atoms with van der Waals surface area (Å²) in [5, 5.41) is 2.42. The average Bonchev–Trinajstić information content (AvgIpc) is 3.59. The van der Waals surface area contributed by atoms with E-state index >= 15 is 0 Å². The lowest BCUT2D eigenvalue weighted by Gasteiger charge is -2.41. The molecule has 1 aliphatic heterocycles. The van der Waals surface area contributed by atoms with Crippen molar-refractivity contribution in [2.45, 2.75) is 123 Å². The number of nitrogens with zero attached hydrogens (tertiary/aromatic N) is 3. The summed E-state index contributed by atoms with van der Waals surface area (Å²) in [5.41, 5.74) is 0.244. The van der Waals surface area contributed by atoms with Crippen LogP contribution >= 0.6 is 11.3 Å². The molecule has 11 heteroatoms. The van der Waals surface area contributed by atoms with Gasteiger partial charge < -0.3 is 18.8 Å². The second-order valence-corrected chi connectivity index (χ2v) is 19.2. The third-order valence-corrected chi connectivity index (χ3v) is 15.8. The van der Waals surface area contributed by atoms with E-state index in [9.17, 15) is 14.4 Å². The Labute approximate surface area is 295 Å². The summed E-state index contributed by atoms with van der Waals surface area (Å²) in [6, 6.07) is 2.42. The van der Waals surface area contributed by atoms with Crippen LogP contribution in [0.15, 0.2) is 30.7 Å². The fourth-order valence-electron chi connectivity index (χ4n) is 6.64. The lowest BCUT2D eigenvalue weighted by molar-refractivity contribution is -0.150. The summed E-state index contributed by atoms with van der Waals surface area (Å²) in [4.78, 5) is 50.0. The van der Waals surface area contributed by atoms with Gasteiger partial charge in [-0.05, 0) is 62.8 Å². The number of likely N-dealkylation sites (N-methyl/N-ethyl adjacent to an activating group) is 1. The molecule has 0 saturated carbocycles. The van der Waals surface area contributed by atoms with Crippen LogP contribution in [0.25, 0.3) is 0 Å². The quantitative estimate of drug-likeness (QED) is 0.0371. The Balaban J connectivity index is 2.56. The molecule has 0 N–H and O–H groups in total. The van der Waals surface area contributed by atoms with Gasteiger partial charge >= 0.3 is 5.97 Å². The number of thiazole rings is 1. The average molecular weight is 706 g/mol. The van der Waals surface area contributed by atoms with Crippen LogP contribution in [0.1, 0.15) is 109 Å². The van der Waals surface area contributed by atoms with Crippen LogP contribution in [0.4, 0.5) is 0 Å². The number of hydrogen-bond acceptors (Lipinski definition) is 9. The molecule has 9 nitrogen and oxygen atoms in total. The summed E-state index contributed by atoms with van der Waals surface area (Å²) in [5.74, 6) is -0.819. The van der Waals surface area contributed by atoms with Crippen LogP contribution < -0.4 is 0 Å². The maximum absolute atomic E-state index is 14.8. The zero-order valence-corrected chi connectivity index (χ0v) is 32.8. The number of amides is 1. The summed E-state index contributed by atoms with van der Waals surface area (Å²) >= 11 is 1.39. The number of esters is 1. The molecule has 0 aromatic carbocycles. The standard InChI is InChI=1S/C37H63N3O6SSi/c1-11-21-44-26-40(36(42)29(28(9)13-3)23-33(41)31-19-17-18-20-39(31)10)32(27(7)8)24-34(46-48(14-4,15-5)16-6)35-38-30(25-47-35)37(43)45-22-12-2/h11-12,25,27-29,31-32,34H,1-2,13-24,26H2,3-10H3/t28-,29-,31+,32+,34+/m0/s1. The monoisotopic (exact) mass is 705 g/mol. The second-order valence-electron chi connectivity index (χ2n) is 13.6. The first-order chi connectivity index (χ1) is 22.9. The number of Topliss-reactive ketones (excluding diaryl/α,β-unsaturated/α-hetero) is 1. The van der Waals surface area contributed by atoms with Gasteiger partial charge in [0.05, 0.1) is 18.8 Å². The molecule has 1 aliphatic rings. The Morgan fingerprint density at radius 2 is 1.75 bits per heavy atom. The zero-order valence-electron chi connectivity index (χ0n) is 31.0. The number of carbonyl (C=O) groups is 3. The number of hydrogen-bond donors (Lipinski definition) is 0. The molecule has 2 heterocycles. The van der Waals surface area contributed by atoms with E-state index in [4.69, 9.17) is 18.9 Å². The Kier molecular flexibility index (Phi) is 18.5. The van der Waals surface area contributed by atoms with Gasteiger partial charge in [-0.25, -0.2) is 9.78 Å². The van der Waals surface area contributed by atoms with Gasteiger partial charge in [0.2, 0.25) is 5.91 Å². The lowest BCUT2D eigenvalue weighted by Crippen LogP contribution is -2.51. The molecule has 1 amide bonds. The first-order valence-corrected chi connectivity index (χ1v) is 21.5. The van der Waals surface area contributed by atoms with E-state index in [1.54, 1.807) is 11.5 Å². The van der Waals surface area contributed by atoms with Gasteiger partial charge in [-0.2, -0.15) is 0 Å². The molecule has 2 rings (SSSR count). The van der Waals surface area contributed by atoms with E-state index in [0.717, 1.165) is 50.4 Å². The van der Waals surface area contributed by atoms with Crippen molar-refractivity contribution in [3.05, 3.63) is 41.4 Å². The van der Waals surface area contributed by atoms with E-state index < -0.39 is 26.3 Å². The predicted octanol–water partition coefficient (Wildman–Crippen LogP) is 8.06. The highest BCUT2D eigenvalue weighted by atomic mass is 32.1. The molecule has 0 bridgehead atoms. The molecular weight excluding hydrogens is 643 g/mol. The summed E-state index contributed by atoms with van der Waals surface area (Å²) < 4.78 is 18.4. The molecular formula is C37H63N3O6SSi. The fraction of sp³-hybridized carbons (Fsp3) is 0.730. The van der Waals surface area contributed by atoms with Crippen LogP contribution in [0.3, 0.4) is 0 Å². The predicted molar refractivity (Wildman–Crippen MR) is 198 cm³/mol. The van der Waals surface area contributed by atoms with E-state index in [2.05, 4.69) is 66.5 Å². The van der Waals surface area contributed by atoms with Crippen molar-refractivity contribution in [3.63, 3.8) is 0 Å². The van der Waals surface area contributed by atoms with Gasteiger partial charge in [-0.1, -0.05) is 80.0 Å². The van der Waals surface area contributed by atoms with Crippen molar-refractivity contribution in [1.82, 2.24) is 14.8 Å². The van der Waals surface area contributed by atoms with E-state index in [1.807, 2.05) is 11.9 Å². The first kappa shape index (κ1) is 42.0. The van der Waals surface area contributed by atoms with Crippen molar-refractivity contribution in [2.24, 2.45) is 17.8 Å². The van der Waals surface area contributed by atoms with Crippen molar-refractivity contribution in [2.75, 3.05) is 33.5 Å². The molecule has 48 heavy (non-hydrogen) atoms. The normalized spacial score (nSPS) is 18.1. The maximum Gasteiger partial charge on any atom is 0.358 e. The molecule has 0 unspecified atom stereocenters. The van der Waals surface area contributed by atoms with Gasteiger partial charge in [-0.3, -0.25) is 14.5 Å². The van der Waals surface area contributed by atoms with Gasteiger partial charge in [-0.15, -0.1) is 17.9 Å². The molecule has 5 atom stereocenters. The second kappa shape index (κ2) is 21.1. The Morgan fingerprint density at radius 1 is 1.08 bits per heavy atom. The van der Waals surface area contributed by atoms with Crippen molar-refractivity contribution in [1.29, 1.82) is 0 Å². The highest BCUT2D eigenvalue weighted by Crippen LogP contribution is 2.37. The third-order valence-electron chi connectivity index (χ3n) is 10.2. The molecule has 0 aliphatic carbocycles. The van der Waals surface area contributed by atoms with E-state index in [-0.39, 0.29) is 61.1 Å². The Bertz CT molecular complexity index is 1160. The van der Waals surface area contributed by atoms with Crippen molar-refractivity contribution in [3.8, 4) is 0 Å². The van der Waals surface area contributed by atoms with Gasteiger partial charge in [0.15, 0.2) is 19.8 Å². The number of ketones is 1. The Hall–Kier alpha value is -2.18. The molecule has 1 aromatic rings. The molecule has 0 radical (unpaired) electrons. The smallest absolute Gasteiger partial charge is 0.358 e. The number of carbonyl (C=O) groups excluding carboxylic acids is 3. The molecule has 0 spiro atoms. The Morgan fingerprint density at radius 3 is 2.31 bits per heavy atom. The minimum atomic E-state index is -2.15. The number of rotatable bonds is 23. The lowest BCUT2D eigenvalue weighted by atomic mass is 9.82. The molecule has 1 saturated heterocycles. The largest absolute Gasteiger partial charge is 0.457 e. The number of ether oxygens (including phenoxy) is 2. The summed E-state index contributed by atoms with van der Waals surface area (Å²) in [6.07, 6.45) is 7.23. The highest BCUT2D eigenvalue weighted by Gasteiger charge is 2.41. The number of piperidine rings is 1. The maximum atomic E-state index is 14.8. The highest BCUT2D eigenvalue weighted by molar-refractivity contribution is 7.09. The minimum absolute atomic E-state index is 0.0144. The van der Waals surface area contributed by atoms with E-state index in [0.29, 0.717) is 18.0 Å².